The minimum absolute atomic E-state index is 0.0278. The van der Waals surface area contributed by atoms with Crippen LogP contribution in [0.3, 0.4) is 0 Å². The molecular weight excluding hydrogens is 342 g/mol. The van der Waals surface area contributed by atoms with E-state index in [1.54, 1.807) is 10.6 Å². The van der Waals surface area contributed by atoms with Gasteiger partial charge in [-0.15, -0.1) is 17.9 Å². The topological polar surface area (TPSA) is 64.0 Å². The predicted molar refractivity (Wildman–Crippen MR) is 102 cm³/mol. The molecule has 2 aromatic heterocycles. The summed E-state index contributed by atoms with van der Waals surface area (Å²) in [6, 6.07) is -0.0278. The molecule has 0 saturated heterocycles. The second-order valence-corrected chi connectivity index (χ2v) is 8.43. The first-order chi connectivity index (χ1) is 11.3. The highest BCUT2D eigenvalue weighted by atomic mass is 32.2. The molecule has 0 aliphatic carbocycles. The number of hydrogen-bond acceptors (Lipinski definition) is 5. The maximum Gasteiger partial charge on any atom is 0.263 e. The van der Waals surface area contributed by atoms with Crippen LogP contribution in [0.4, 0.5) is 0 Å². The van der Waals surface area contributed by atoms with E-state index in [0.29, 0.717) is 17.1 Å². The van der Waals surface area contributed by atoms with Crippen LogP contribution in [0.1, 0.15) is 37.3 Å². The number of hydrogen-bond donors (Lipinski definition) is 1. The van der Waals surface area contributed by atoms with Crippen molar-refractivity contribution in [2.45, 2.75) is 51.1 Å². The Kier molecular flexibility index (Phi) is 5.87. The summed E-state index contributed by atoms with van der Waals surface area (Å²) in [6.45, 7) is 13.7. The Morgan fingerprint density at radius 3 is 2.67 bits per heavy atom. The standard InChI is InChI=1S/C17H23N3O2S2/c1-7-8-18-14(21)12(6)24-17-19-15-13(10(4)11(5)23-15)16(22)20(17)9(2)3/h7,9,12H,1,8H2,2-6H3,(H,18,21)/t12-/m0/s1. The number of amides is 1. The van der Waals surface area contributed by atoms with Gasteiger partial charge < -0.3 is 5.32 Å². The van der Waals surface area contributed by atoms with Gasteiger partial charge in [0.15, 0.2) is 5.16 Å². The summed E-state index contributed by atoms with van der Waals surface area (Å²) in [5, 5.41) is 3.71. The summed E-state index contributed by atoms with van der Waals surface area (Å²) in [4.78, 5) is 31.6. The quantitative estimate of drug-likeness (QED) is 0.484. The van der Waals surface area contributed by atoms with Crippen LogP contribution >= 0.6 is 23.1 Å². The lowest BCUT2D eigenvalue weighted by Crippen LogP contribution is -2.32. The molecule has 0 bridgehead atoms. The first kappa shape index (κ1) is 18.7. The van der Waals surface area contributed by atoms with Crippen molar-refractivity contribution in [3.05, 3.63) is 33.4 Å². The van der Waals surface area contributed by atoms with Crippen molar-refractivity contribution in [3.63, 3.8) is 0 Å². The second kappa shape index (κ2) is 7.53. The van der Waals surface area contributed by atoms with E-state index in [4.69, 9.17) is 0 Å². The number of fused-ring (bicyclic) bond motifs is 1. The molecule has 0 radical (unpaired) electrons. The molecule has 130 valence electrons. The number of aromatic nitrogens is 2. The fraction of sp³-hybridized carbons (Fsp3) is 0.471. The van der Waals surface area contributed by atoms with E-state index >= 15 is 0 Å². The number of thioether (sulfide) groups is 1. The van der Waals surface area contributed by atoms with Crippen LogP contribution in [-0.4, -0.2) is 27.3 Å². The van der Waals surface area contributed by atoms with Crippen molar-refractivity contribution in [3.8, 4) is 0 Å². The average Bonchev–Trinajstić information content (AvgIpc) is 2.79. The van der Waals surface area contributed by atoms with Crippen molar-refractivity contribution in [2.75, 3.05) is 6.54 Å². The zero-order chi connectivity index (χ0) is 18.0. The molecule has 2 rings (SSSR count). The zero-order valence-corrected chi connectivity index (χ0v) is 16.3. The van der Waals surface area contributed by atoms with Gasteiger partial charge in [0.2, 0.25) is 5.91 Å². The van der Waals surface area contributed by atoms with E-state index in [9.17, 15) is 9.59 Å². The molecule has 1 N–H and O–H groups in total. The van der Waals surface area contributed by atoms with Gasteiger partial charge in [-0.1, -0.05) is 17.8 Å². The normalized spacial score (nSPS) is 12.6. The molecule has 1 amide bonds. The first-order valence-corrected chi connectivity index (χ1v) is 9.55. The van der Waals surface area contributed by atoms with Crippen molar-refractivity contribution in [2.24, 2.45) is 0 Å². The molecule has 7 heteroatoms. The molecule has 0 aliphatic rings. The Hall–Kier alpha value is -1.60. The molecule has 2 aromatic rings. The number of carbonyl (C=O) groups excluding carboxylic acids is 1. The van der Waals surface area contributed by atoms with E-state index in [0.717, 1.165) is 15.3 Å². The molecule has 2 heterocycles. The number of thiophene rings is 1. The number of nitrogens with one attached hydrogen (secondary N) is 1. The van der Waals surface area contributed by atoms with Crippen LogP contribution in [0.15, 0.2) is 22.6 Å². The van der Waals surface area contributed by atoms with Crippen LogP contribution < -0.4 is 10.9 Å². The van der Waals surface area contributed by atoms with Crippen LogP contribution in [0.25, 0.3) is 10.2 Å². The maximum absolute atomic E-state index is 13.0. The summed E-state index contributed by atoms with van der Waals surface area (Å²) in [5.41, 5.74) is 0.966. The minimum atomic E-state index is -0.346. The number of rotatable bonds is 6. The van der Waals surface area contributed by atoms with E-state index in [-0.39, 0.29) is 22.8 Å². The van der Waals surface area contributed by atoms with Gasteiger partial charge in [0, 0.05) is 17.5 Å². The Bertz CT molecular complexity index is 836. The summed E-state index contributed by atoms with van der Waals surface area (Å²) in [5.74, 6) is -0.0944. The Balaban J connectivity index is 2.49. The number of aryl methyl sites for hydroxylation is 2. The molecule has 24 heavy (non-hydrogen) atoms. The van der Waals surface area contributed by atoms with E-state index in [1.165, 1.54) is 23.1 Å². The lowest BCUT2D eigenvalue weighted by Gasteiger charge is -2.17. The van der Waals surface area contributed by atoms with E-state index < -0.39 is 0 Å². The van der Waals surface area contributed by atoms with Crippen LogP contribution in [-0.2, 0) is 4.79 Å². The molecule has 0 aliphatic heterocycles. The number of carbonyl (C=O) groups is 1. The maximum atomic E-state index is 13.0. The van der Waals surface area contributed by atoms with E-state index in [2.05, 4.69) is 16.9 Å². The Labute approximate surface area is 150 Å². The van der Waals surface area contributed by atoms with Gasteiger partial charge in [-0.2, -0.15) is 0 Å². The molecule has 0 fully saturated rings. The smallest absolute Gasteiger partial charge is 0.263 e. The van der Waals surface area contributed by atoms with Gasteiger partial charge in [-0.3, -0.25) is 14.2 Å². The number of nitrogens with zero attached hydrogens (tertiary/aromatic N) is 2. The van der Waals surface area contributed by atoms with Gasteiger partial charge >= 0.3 is 0 Å². The highest BCUT2D eigenvalue weighted by Gasteiger charge is 2.22. The third-order valence-electron chi connectivity index (χ3n) is 3.79. The molecule has 0 aromatic carbocycles. The lowest BCUT2D eigenvalue weighted by atomic mass is 10.2. The van der Waals surface area contributed by atoms with Gasteiger partial charge in [-0.25, -0.2) is 4.98 Å². The van der Waals surface area contributed by atoms with Gasteiger partial charge in [0.05, 0.1) is 10.6 Å². The van der Waals surface area contributed by atoms with Crippen LogP contribution in [0, 0.1) is 13.8 Å². The fourth-order valence-electron chi connectivity index (χ4n) is 2.35. The molecular formula is C17H23N3O2S2. The van der Waals surface area contributed by atoms with Crippen LogP contribution in [0.2, 0.25) is 0 Å². The minimum Gasteiger partial charge on any atom is -0.352 e. The Morgan fingerprint density at radius 1 is 1.42 bits per heavy atom. The summed E-state index contributed by atoms with van der Waals surface area (Å²) in [6.07, 6.45) is 1.64. The SMILES string of the molecule is C=CCNC(=O)[C@H](C)Sc1nc2sc(C)c(C)c2c(=O)n1C(C)C. The van der Waals surface area contributed by atoms with Gasteiger partial charge in [-0.05, 0) is 40.2 Å². The molecule has 1 atom stereocenters. The summed E-state index contributed by atoms with van der Waals surface area (Å²) >= 11 is 2.84. The highest BCUT2D eigenvalue weighted by Crippen LogP contribution is 2.30. The molecule has 0 saturated carbocycles. The van der Waals surface area contributed by atoms with Crippen LogP contribution in [0.5, 0.6) is 0 Å². The van der Waals surface area contributed by atoms with Gasteiger partial charge in [0.25, 0.3) is 5.56 Å². The molecule has 0 spiro atoms. The third kappa shape index (κ3) is 3.57. The van der Waals surface area contributed by atoms with Crippen molar-refractivity contribution in [1.82, 2.24) is 14.9 Å². The van der Waals surface area contributed by atoms with Crippen molar-refractivity contribution < 1.29 is 4.79 Å². The first-order valence-electron chi connectivity index (χ1n) is 7.85. The largest absolute Gasteiger partial charge is 0.352 e. The van der Waals surface area contributed by atoms with Crippen molar-refractivity contribution in [1.29, 1.82) is 0 Å². The van der Waals surface area contributed by atoms with Gasteiger partial charge in [0.1, 0.15) is 4.83 Å². The molecule has 0 unspecified atom stereocenters. The fourth-order valence-corrected chi connectivity index (χ4v) is 4.49. The van der Waals surface area contributed by atoms with E-state index in [1.807, 2.05) is 34.6 Å². The second-order valence-electron chi connectivity index (χ2n) is 5.92. The third-order valence-corrected chi connectivity index (χ3v) is 5.96. The lowest BCUT2D eigenvalue weighted by molar-refractivity contribution is -0.120. The monoisotopic (exact) mass is 365 g/mol. The zero-order valence-electron chi connectivity index (χ0n) is 14.7. The summed E-state index contributed by atoms with van der Waals surface area (Å²) < 4.78 is 1.68. The predicted octanol–water partition coefficient (Wildman–Crippen LogP) is 3.44. The molecule has 5 nitrogen and oxygen atoms in total. The Morgan fingerprint density at radius 2 is 2.08 bits per heavy atom. The summed E-state index contributed by atoms with van der Waals surface area (Å²) in [7, 11) is 0. The van der Waals surface area contributed by atoms with Crippen molar-refractivity contribution >= 4 is 39.2 Å². The highest BCUT2D eigenvalue weighted by molar-refractivity contribution is 8.00. The average molecular weight is 366 g/mol.